The Morgan fingerprint density at radius 1 is 1.14 bits per heavy atom. The number of fused-ring (bicyclic) bond motifs is 1. The predicted molar refractivity (Wildman–Crippen MR) is 109 cm³/mol. The van der Waals surface area contributed by atoms with E-state index in [0.717, 1.165) is 34.7 Å². The third-order valence-corrected chi connectivity index (χ3v) is 5.88. The summed E-state index contributed by atoms with van der Waals surface area (Å²) in [5, 5.41) is 9.54. The zero-order valence-electron chi connectivity index (χ0n) is 11.3. The number of carbonyl (C=O) groups excluding carboxylic acids is 1. The molecular formula is C16H11I3O3. The maximum absolute atomic E-state index is 12.6. The molecule has 6 heteroatoms. The van der Waals surface area contributed by atoms with Gasteiger partial charge in [0.2, 0.25) is 0 Å². The highest BCUT2D eigenvalue weighted by molar-refractivity contribution is 14.1. The molecule has 1 N–H and O–H groups in total. The van der Waals surface area contributed by atoms with Gasteiger partial charge in [-0.2, -0.15) is 0 Å². The molecule has 0 aromatic heterocycles. The van der Waals surface area contributed by atoms with Crippen LogP contribution in [-0.4, -0.2) is 11.1 Å². The number of hydrogen-bond acceptors (Lipinski definition) is 3. The van der Waals surface area contributed by atoms with Crippen molar-refractivity contribution in [2.45, 2.75) is 18.8 Å². The molecule has 0 saturated heterocycles. The van der Waals surface area contributed by atoms with E-state index >= 15 is 0 Å². The van der Waals surface area contributed by atoms with Crippen molar-refractivity contribution in [2.75, 3.05) is 0 Å². The normalized spacial score (nSPS) is 16.4. The minimum Gasteiger partial charge on any atom is -0.508 e. The first kappa shape index (κ1) is 16.7. The second-order valence-corrected chi connectivity index (χ2v) is 8.66. The van der Waals surface area contributed by atoms with Gasteiger partial charge in [-0.05, 0) is 116 Å². The molecule has 0 aliphatic heterocycles. The van der Waals surface area contributed by atoms with E-state index < -0.39 is 0 Å². The molecule has 1 unspecified atom stereocenters. The van der Waals surface area contributed by atoms with E-state index in [9.17, 15) is 9.90 Å². The lowest BCUT2D eigenvalue weighted by molar-refractivity contribution is -0.136. The number of ether oxygens (including phenoxy) is 1. The molecule has 0 heterocycles. The van der Waals surface area contributed by atoms with Gasteiger partial charge in [-0.25, -0.2) is 0 Å². The van der Waals surface area contributed by atoms with Crippen molar-refractivity contribution in [1.82, 2.24) is 0 Å². The van der Waals surface area contributed by atoms with Crippen LogP contribution in [0.1, 0.15) is 23.5 Å². The molecule has 0 saturated carbocycles. The van der Waals surface area contributed by atoms with Gasteiger partial charge in [-0.1, -0.05) is 6.07 Å². The van der Waals surface area contributed by atoms with E-state index in [0.29, 0.717) is 5.75 Å². The third kappa shape index (κ3) is 3.37. The van der Waals surface area contributed by atoms with Crippen LogP contribution in [0.5, 0.6) is 11.5 Å². The van der Waals surface area contributed by atoms with Crippen molar-refractivity contribution in [1.29, 1.82) is 0 Å². The van der Waals surface area contributed by atoms with Crippen LogP contribution in [0, 0.1) is 10.7 Å². The zero-order chi connectivity index (χ0) is 15.9. The van der Waals surface area contributed by atoms with Crippen LogP contribution < -0.4 is 4.74 Å². The van der Waals surface area contributed by atoms with Gasteiger partial charge in [0.15, 0.2) is 5.75 Å². The third-order valence-electron chi connectivity index (χ3n) is 3.65. The van der Waals surface area contributed by atoms with E-state index in [2.05, 4.69) is 67.8 Å². The van der Waals surface area contributed by atoms with Gasteiger partial charge in [-0.15, -0.1) is 0 Å². The van der Waals surface area contributed by atoms with Crippen molar-refractivity contribution in [2.24, 2.45) is 0 Å². The highest BCUT2D eigenvalue weighted by Crippen LogP contribution is 2.37. The zero-order valence-corrected chi connectivity index (χ0v) is 17.7. The molecule has 0 radical (unpaired) electrons. The molecule has 3 rings (SSSR count). The number of phenolic OH excluding ortho intramolecular Hbond substituents is 1. The SMILES string of the molecule is O=C(Oc1c(I)cc(I)cc1I)C1CCc2cc(O)ccc21. The molecule has 3 nitrogen and oxygen atoms in total. The van der Waals surface area contributed by atoms with Crippen molar-refractivity contribution in [3.05, 3.63) is 52.2 Å². The minimum atomic E-state index is -0.249. The second-order valence-electron chi connectivity index (χ2n) is 5.09. The molecule has 0 fully saturated rings. The summed E-state index contributed by atoms with van der Waals surface area (Å²) in [7, 11) is 0. The summed E-state index contributed by atoms with van der Waals surface area (Å²) in [5.41, 5.74) is 2.01. The number of esters is 1. The van der Waals surface area contributed by atoms with Crippen molar-refractivity contribution in [3.63, 3.8) is 0 Å². The van der Waals surface area contributed by atoms with Gasteiger partial charge in [0.1, 0.15) is 5.75 Å². The summed E-state index contributed by atoms with van der Waals surface area (Å²) < 4.78 is 8.67. The maximum Gasteiger partial charge on any atom is 0.318 e. The largest absolute Gasteiger partial charge is 0.508 e. The van der Waals surface area contributed by atoms with Gasteiger partial charge >= 0.3 is 5.97 Å². The minimum absolute atomic E-state index is 0.221. The number of hydrogen-bond donors (Lipinski definition) is 1. The quantitative estimate of drug-likeness (QED) is 0.293. The first-order valence-electron chi connectivity index (χ1n) is 6.63. The summed E-state index contributed by atoms with van der Waals surface area (Å²) in [5.74, 6) is 0.413. The summed E-state index contributed by atoms with van der Waals surface area (Å²) in [4.78, 5) is 12.6. The van der Waals surface area contributed by atoms with E-state index in [4.69, 9.17) is 4.74 Å². The molecule has 0 amide bonds. The molecule has 1 aliphatic rings. The van der Waals surface area contributed by atoms with E-state index in [1.165, 1.54) is 0 Å². The standard InChI is InChI=1S/C16H11I3O3/c17-9-6-13(18)15(14(19)7-9)22-16(21)12-3-1-8-5-10(20)2-4-11(8)12/h2,4-7,12,20H,1,3H2. The summed E-state index contributed by atoms with van der Waals surface area (Å²) >= 11 is 6.63. The lowest BCUT2D eigenvalue weighted by Crippen LogP contribution is -2.18. The number of halogens is 3. The summed E-state index contributed by atoms with van der Waals surface area (Å²) in [6.07, 6.45) is 1.53. The topological polar surface area (TPSA) is 46.5 Å². The Labute approximate surface area is 169 Å². The Bertz CT molecular complexity index is 735. The Hall–Kier alpha value is -0.100. The monoisotopic (exact) mass is 632 g/mol. The Morgan fingerprint density at radius 3 is 2.50 bits per heavy atom. The number of rotatable bonds is 2. The number of aryl methyl sites for hydroxylation is 1. The molecule has 2 aromatic rings. The van der Waals surface area contributed by atoms with Gasteiger partial charge < -0.3 is 9.84 Å². The Morgan fingerprint density at radius 2 is 1.82 bits per heavy atom. The lowest BCUT2D eigenvalue weighted by Gasteiger charge is -2.14. The molecule has 114 valence electrons. The van der Waals surface area contributed by atoms with E-state index in [1.54, 1.807) is 12.1 Å². The van der Waals surface area contributed by atoms with Crippen LogP contribution in [0.25, 0.3) is 0 Å². The van der Waals surface area contributed by atoms with Gasteiger partial charge in [0, 0.05) is 3.57 Å². The van der Waals surface area contributed by atoms with Crippen LogP contribution in [0.4, 0.5) is 0 Å². The second kappa shape index (κ2) is 6.80. The van der Waals surface area contributed by atoms with Crippen LogP contribution in [0.2, 0.25) is 0 Å². The van der Waals surface area contributed by atoms with Crippen LogP contribution >= 0.6 is 67.8 Å². The number of aromatic hydroxyl groups is 1. The molecule has 2 aromatic carbocycles. The predicted octanol–water partition coefficient (Wildman–Crippen LogP) is 4.84. The highest BCUT2D eigenvalue weighted by atomic mass is 127. The van der Waals surface area contributed by atoms with Crippen LogP contribution in [-0.2, 0) is 11.2 Å². The highest BCUT2D eigenvalue weighted by Gasteiger charge is 2.31. The summed E-state index contributed by atoms with van der Waals surface area (Å²) in [6, 6.07) is 9.18. The van der Waals surface area contributed by atoms with E-state index in [-0.39, 0.29) is 17.6 Å². The van der Waals surface area contributed by atoms with Gasteiger partial charge in [0.05, 0.1) is 13.1 Å². The van der Waals surface area contributed by atoms with Gasteiger partial charge in [-0.3, -0.25) is 4.79 Å². The molecule has 22 heavy (non-hydrogen) atoms. The summed E-state index contributed by atoms with van der Waals surface area (Å²) in [6.45, 7) is 0. The van der Waals surface area contributed by atoms with Crippen molar-refractivity contribution < 1.29 is 14.6 Å². The number of phenols is 1. The molecule has 1 aliphatic carbocycles. The first-order chi connectivity index (χ1) is 10.5. The smallest absolute Gasteiger partial charge is 0.318 e. The number of benzene rings is 2. The Balaban J connectivity index is 1.86. The molecule has 0 spiro atoms. The van der Waals surface area contributed by atoms with Gasteiger partial charge in [0.25, 0.3) is 0 Å². The average Bonchev–Trinajstić information content (AvgIpc) is 2.85. The maximum atomic E-state index is 12.6. The Kier molecular flexibility index (Phi) is 5.17. The fourth-order valence-corrected chi connectivity index (χ4v) is 6.45. The number of carbonyl (C=O) groups is 1. The van der Waals surface area contributed by atoms with Crippen molar-refractivity contribution >= 4 is 73.7 Å². The van der Waals surface area contributed by atoms with E-state index in [1.807, 2.05) is 18.2 Å². The molecule has 0 bridgehead atoms. The molecule has 1 atom stereocenters. The average molecular weight is 632 g/mol. The molecular weight excluding hydrogens is 621 g/mol. The fourth-order valence-electron chi connectivity index (χ4n) is 2.65. The lowest BCUT2D eigenvalue weighted by atomic mass is 10.0. The fraction of sp³-hybridized carbons (Fsp3) is 0.188. The first-order valence-corrected chi connectivity index (χ1v) is 9.87. The van der Waals surface area contributed by atoms with Crippen LogP contribution in [0.15, 0.2) is 30.3 Å². The van der Waals surface area contributed by atoms with Crippen molar-refractivity contribution in [3.8, 4) is 11.5 Å². The van der Waals surface area contributed by atoms with Crippen LogP contribution in [0.3, 0.4) is 0 Å².